The minimum Gasteiger partial charge on any atom is -0.481 e. The molecule has 7 nitrogen and oxygen atoms in total. The zero-order chi connectivity index (χ0) is 12.4. The van der Waals surface area contributed by atoms with E-state index in [1.54, 1.807) is 0 Å². The fraction of sp³-hybridized carbons (Fsp3) is 0.300. The second-order valence-electron chi connectivity index (χ2n) is 3.58. The number of nitrogens with zero attached hydrogens (tertiary/aromatic N) is 4. The van der Waals surface area contributed by atoms with Crippen LogP contribution >= 0.6 is 0 Å². The summed E-state index contributed by atoms with van der Waals surface area (Å²) in [6.07, 6.45) is 2.63. The molecule has 1 aromatic heterocycles. The quantitative estimate of drug-likeness (QED) is 0.755. The molecule has 1 fully saturated rings. The van der Waals surface area contributed by atoms with Gasteiger partial charge in [0.15, 0.2) is 11.5 Å². The number of anilines is 1. The van der Waals surface area contributed by atoms with Gasteiger partial charge in [-0.2, -0.15) is 5.26 Å². The van der Waals surface area contributed by atoms with Gasteiger partial charge in [-0.3, -0.25) is 14.5 Å². The maximum Gasteiger partial charge on any atom is 0.308 e. The number of nitriles is 1. The molecule has 86 valence electrons. The second-order valence-corrected chi connectivity index (χ2v) is 3.58. The first-order valence-electron chi connectivity index (χ1n) is 4.87. The minimum atomic E-state index is -1.02. The van der Waals surface area contributed by atoms with Crippen LogP contribution < -0.4 is 4.90 Å². The number of aliphatic carboxylic acids is 1. The third-order valence-electron chi connectivity index (χ3n) is 2.51. The van der Waals surface area contributed by atoms with Crippen molar-refractivity contribution in [1.29, 1.82) is 5.26 Å². The molecule has 1 aliphatic rings. The van der Waals surface area contributed by atoms with Crippen molar-refractivity contribution < 1.29 is 14.7 Å². The van der Waals surface area contributed by atoms with E-state index >= 15 is 0 Å². The highest BCUT2D eigenvalue weighted by Gasteiger charge is 2.36. The number of carbonyl (C=O) groups is 2. The number of rotatable bonds is 2. The van der Waals surface area contributed by atoms with Crippen molar-refractivity contribution in [1.82, 2.24) is 9.97 Å². The summed E-state index contributed by atoms with van der Waals surface area (Å²) in [5, 5.41) is 17.7. The molecular weight excluding hydrogens is 224 g/mol. The molecule has 2 rings (SSSR count). The Hall–Kier alpha value is -2.49. The maximum absolute atomic E-state index is 11.6. The number of amides is 1. The van der Waals surface area contributed by atoms with E-state index in [4.69, 9.17) is 10.4 Å². The summed E-state index contributed by atoms with van der Waals surface area (Å²) in [6.45, 7) is 0.0293. The fourth-order valence-corrected chi connectivity index (χ4v) is 1.68. The van der Waals surface area contributed by atoms with Crippen LogP contribution in [0.4, 0.5) is 5.82 Å². The average molecular weight is 232 g/mol. The molecule has 0 radical (unpaired) electrons. The van der Waals surface area contributed by atoms with Crippen LogP contribution in [0.25, 0.3) is 0 Å². The van der Waals surface area contributed by atoms with Crippen LogP contribution in [-0.2, 0) is 9.59 Å². The third kappa shape index (κ3) is 1.92. The van der Waals surface area contributed by atoms with Gasteiger partial charge in [0.1, 0.15) is 6.07 Å². The summed E-state index contributed by atoms with van der Waals surface area (Å²) in [6, 6.07) is 1.82. The Balaban J connectivity index is 2.33. The lowest BCUT2D eigenvalue weighted by molar-refractivity contribution is -0.141. The molecule has 1 amide bonds. The number of aromatic nitrogens is 2. The minimum absolute atomic E-state index is 0.0203. The summed E-state index contributed by atoms with van der Waals surface area (Å²) in [7, 11) is 0. The Kier molecular flexibility index (Phi) is 2.70. The molecule has 1 aromatic rings. The molecule has 0 bridgehead atoms. The first kappa shape index (κ1) is 11.0. The molecule has 0 aliphatic carbocycles. The molecule has 1 saturated heterocycles. The van der Waals surface area contributed by atoms with Gasteiger partial charge in [-0.1, -0.05) is 0 Å². The summed E-state index contributed by atoms with van der Waals surface area (Å²) in [5.41, 5.74) is 0.0203. The van der Waals surface area contributed by atoms with Crippen LogP contribution in [0.1, 0.15) is 12.1 Å². The van der Waals surface area contributed by atoms with E-state index in [0.717, 1.165) is 0 Å². The molecule has 2 heterocycles. The predicted octanol–water partition coefficient (Wildman–Crippen LogP) is -0.214. The summed E-state index contributed by atoms with van der Waals surface area (Å²) >= 11 is 0. The van der Waals surface area contributed by atoms with E-state index in [-0.39, 0.29) is 30.4 Å². The van der Waals surface area contributed by atoms with Gasteiger partial charge in [-0.25, -0.2) is 9.97 Å². The average Bonchev–Trinajstić information content (AvgIpc) is 2.71. The molecule has 0 saturated carbocycles. The van der Waals surface area contributed by atoms with E-state index in [1.165, 1.54) is 17.3 Å². The van der Waals surface area contributed by atoms with Crippen LogP contribution in [0.5, 0.6) is 0 Å². The normalized spacial score (nSPS) is 19.1. The van der Waals surface area contributed by atoms with E-state index < -0.39 is 11.9 Å². The molecule has 1 unspecified atom stereocenters. The van der Waals surface area contributed by atoms with Crippen LogP contribution in [-0.4, -0.2) is 33.5 Å². The highest BCUT2D eigenvalue weighted by molar-refractivity contribution is 5.99. The Labute approximate surface area is 96.3 Å². The second kappa shape index (κ2) is 4.17. The number of hydrogen-bond acceptors (Lipinski definition) is 5. The van der Waals surface area contributed by atoms with Crippen molar-refractivity contribution in [2.24, 2.45) is 5.92 Å². The zero-order valence-corrected chi connectivity index (χ0v) is 8.70. The Morgan fingerprint density at radius 1 is 1.53 bits per heavy atom. The molecular formula is C10H8N4O3. The lowest BCUT2D eigenvalue weighted by Crippen LogP contribution is -2.27. The number of carboxylic acid groups (broad SMARTS) is 1. The molecule has 17 heavy (non-hydrogen) atoms. The van der Waals surface area contributed by atoms with Gasteiger partial charge in [0.05, 0.1) is 5.92 Å². The summed E-state index contributed by atoms with van der Waals surface area (Å²) in [4.78, 5) is 31.3. The van der Waals surface area contributed by atoms with Gasteiger partial charge in [-0.05, 0) is 0 Å². The Bertz CT molecular complexity index is 523. The Morgan fingerprint density at radius 3 is 2.82 bits per heavy atom. The number of hydrogen-bond donors (Lipinski definition) is 1. The first-order valence-corrected chi connectivity index (χ1v) is 4.87. The predicted molar refractivity (Wildman–Crippen MR) is 54.8 cm³/mol. The van der Waals surface area contributed by atoms with Gasteiger partial charge in [-0.15, -0.1) is 0 Å². The lowest BCUT2D eigenvalue weighted by Gasteiger charge is -2.14. The number of carbonyl (C=O) groups excluding carboxylic acids is 1. The largest absolute Gasteiger partial charge is 0.481 e. The van der Waals surface area contributed by atoms with Crippen molar-refractivity contribution >= 4 is 17.7 Å². The highest BCUT2D eigenvalue weighted by Crippen LogP contribution is 2.24. The molecule has 0 aromatic carbocycles. The van der Waals surface area contributed by atoms with Gasteiger partial charge in [0, 0.05) is 25.4 Å². The standard InChI is InChI=1S/C10H8N4O3/c11-4-7-9(13-2-1-12-7)14-5-6(10(16)17)3-8(14)15/h1-2,6H,3,5H2,(H,16,17). The summed E-state index contributed by atoms with van der Waals surface area (Å²) in [5.74, 6) is -2.00. The first-order chi connectivity index (χ1) is 8.13. The molecule has 7 heteroatoms. The topological polar surface area (TPSA) is 107 Å². The zero-order valence-electron chi connectivity index (χ0n) is 8.70. The highest BCUT2D eigenvalue weighted by atomic mass is 16.4. The third-order valence-corrected chi connectivity index (χ3v) is 2.51. The van der Waals surface area contributed by atoms with Crippen molar-refractivity contribution in [3.63, 3.8) is 0 Å². The van der Waals surface area contributed by atoms with Gasteiger partial charge < -0.3 is 5.11 Å². The van der Waals surface area contributed by atoms with Crippen molar-refractivity contribution in [3.05, 3.63) is 18.1 Å². The fourth-order valence-electron chi connectivity index (χ4n) is 1.68. The van der Waals surface area contributed by atoms with Crippen molar-refractivity contribution in [3.8, 4) is 6.07 Å². The van der Waals surface area contributed by atoms with Crippen molar-refractivity contribution in [2.75, 3.05) is 11.4 Å². The summed E-state index contributed by atoms with van der Waals surface area (Å²) < 4.78 is 0. The van der Waals surface area contributed by atoms with E-state index in [1.807, 2.05) is 6.07 Å². The monoisotopic (exact) mass is 232 g/mol. The molecule has 1 aliphatic heterocycles. The maximum atomic E-state index is 11.6. The number of carboxylic acids is 1. The van der Waals surface area contributed by atoms with E-state index in [0.29, 0.717) is 0 Å². The lowest BCUT2D eigenvalue weighted by atomic mass is 10.1. The van der Waals surface area contributed by atoms with E-state index in [2.05, 4.69) is 9.97 Å². The molecule has 1 atom stereocenters. The van der Waals surface area contributed by atoms with Crippen LogP contribution in [0, 0.1) is 17.2 Å². The van der Waals surface area contributed by atoms with Crippen molar-refractivity contribution in [2.45, 2.75) is 6.42 Å². The Morgan fingerprint density at radius 2 is 2.24 bits per heavy atom. The van der Waals surface area contributed by atoms with Gasteiger partial charge >= 0.3 is 5.97 Å². The SMILES string of the molecule is N#Cc1nccnc1N1CC(C(=O)O)CC1=O. The van der Waals surface area contributed by atoms with Crippen LogP contribution in [0.3, 0.4) is 0 Å². The van der Waals surface area contributed by atoms with Gasteiger partial charge in [0.2, 0.25) is 5.91 Å². The molecule has 0 spiro atoms. The van der Waals surface area contributed by atoms with Crippen LogP contribution in [0.15, 0.2) is 12.4 Å². The van der Waals surface area contributed by atoms with Crippen LogP contribution in [0.2, 0.25) is 0 Å². The smallest absolute Gasteiger partial charge is 0.308 e. The van der Waals surface area contributed by atoms with Gasteiger partial charge in [0.25, 0.3) is 0 Å². The molecule has 1 N–H and O–H groups in total. The van der Waals surface area contributed by atoms with E-state index in [9.17, 15) is 9.59 Å².